The Morgan fingerprint density at radius 3 is 2.76 bits per heavy atom. The first-order valence-corrected chi connectivity index (χ1v) is 7.38. The second-order valence-corrected chi connectivity index (χ2v) is 5.78. The molecule has 116 valence electrons. The van der Waals surface area contributed by atoms with Gasteiger partial charge in [0.1, 0.15) is 0 Å². The van der Waals surface area contributed by atoms with E-state index in [9.17, 15) is 4.79 Å². The molecule has 21 heavy (non-hydrogen) atoms. The molecule has 0 aromatic heterocycles. The molecular weight excluding hydrogens is 266 g/mol. The van der Waals surface area contributed by atoms with Gasteiger partial charge in [0.15, 0.2) is 0 Å². The molecule has 2 amide bonds. The van der Waals surface area contributed by atoms with Crippen LogP contribution < -0.4 is 10.2 Å². The van der Waals surface area contributed by atoms with E-state index in [2.05, 4.69) is 5.32 Å². The van der Waals surface area contributed by atoms with Gasteiger partial charge in [0, 0.05) is 32.0 Å². The SMILES string of the molecule is Cc1c(NC(=O)N2CCOC(C)C2C)cccc1N(C)C. The maximum atomic E-state index is 12.5. The smallest absolute Gasteiger partial charge is 0.322 e. The Bertz CT molecular complexity index is 516. The maximum Gasteiger partial charge on any atom is 0.322 e. The van der Waals surface area contributed by atoms with E-state index in [1.54, 1.807) is 0 Å². The highest BCUT2D eigenvalue weighted by Gasteiger charge is 2.29. The van der Waals surface area contributed by atoms with Gasteiger partial charge in [0.05, 0.1) is 18.8 Å². The Morgan fingerprint density at radius 1 is 1.38 bits per heavy atom. The van der Waals surface area contributed by atoms with Crippen molar-refractivity contribution in [3.8, 4) is 0 Å². The van der Waals surface area contributed by atoms with Gasteiger partial charge in [-0.2, -0.15) is 0 Å². The molecule has 1 fully saturated rings. The normalized spacial score (nSPS) is 22.0. The molecule has 0 bridgehead atoms. The lowest BCUT2D eigenvalue weighted by atomic mass is 10.1. The number of nitrogens with zero attached hydrogens (tertiary/aromatic N) is 2. The minimum absolute atomic E-state index is 0.0587. The summed E-state index contributed by atoms with van der Waals surface area (Å²) in [6.45, 7) is 7.27. The van der Waals surface area contributed by atoms with E-state index < -0.39 is 0 Å². The van der Waals surface area contributed by atoms with Crippen LogP contribution in [-0.2, 0) is 4.74 Å². The number of urea groups is 1. The topological polar surface area (TPSA) is 44.8 Å². The molecule has 0 radical (unpaired) electrons. The third-order valence-electron chi connectivity index (χ3n) is 4.17. The van der Waals surface area contributed by atoms with E-state index in [4.69, 9.17) is 4.74 Å². The molecule has 1 aliphatic rings. The summed E-state index contributed by atoms with van der Waals surface area (Å²) in [5.74, 6) is 0. The molecule has 2 atom stereocenters. The van der Waals surface area contributed by atoms with Gasteiger partial charge in [-0.05, 0) is 38.5 Å². The summed E-state index contributed by atoms with van der Waals surface area (Å²) in [5, 5.41) is 3.03. The lowest BCUT2D eigenvalue weighted by Gasteiger charge is -2.37. The van der Waals surface area contributed by atoms with Crippen LogP contribution in [0.3, 0.4) is 0 Å². The number of anilines is 2. The highest BCUT2D eigenvalue weighted by atomic mass is 16.5. The quantitative estimate of drug-likeness (QED) is 0.911. The third kappa shape index (κ3) is 3.29. The molecular formula is C16H25N3O2. The Kier molecular flexibility index (Phi) is 4.73. The molecule has 0 spiro atoms. The first kappa shape index (κ1) is 15.6. The van der Waals surface area contributed by atoms with Crippen molar-refractivity contribution in [1.82, 2.24) is 4.90 Å². The number of amides is 2. The van der Waals surface area contributed by atoms with Crippen molar-refractivity contribution < 1.29 is 9.53 Å². The molecule has 1 heterocycles. The Morgan fingerprint density at radius 2 is 2.10 bits per heavy atom. The molecule has 1 saturated heterocycles. The fourth-order valence-corrected chi connectivity index (χ4v) is 2.65. The van der Waals surface area contributed by atoms with Crippen LogP contribution in [-0.4, -0.2) is 50.3 Å². The van der Waals surface area contributed by atoms with Gasteiger partial charge >= 0.3 is 6.03 Å². The number of hydrogen-bond acceptors (Lipinski definition) is 3. The molecule has 2 unspecified atom stereocenters. The van der Waals surface area contributed by atoms with Crippen molar-refractivity contribution in [3.63, 3.8) is 0 Å². The summed E-state index contributed by atoms with van der Waals surface area (Å²) in [6.07, 6.45) is 0.0682. The first-order valence-electron chi connectivity index (χ1n) is 7.38. The van der Waals surface area contributed by atoms with Crippen molar-refractivity contribution >= 4 is 17.4 Å². The largest absolute Gasteiger partial charge is 0.377 e. The van der Waals surface area contributed by atoms with E-state index in [-0.39, 0.29) is 18.2 Å². The number of carbonyl (C=O) groups excluding carboxylic acids is 1. The Hall–Kier alpha value is -1.75. The zero-order valence-corrected chi connectivity index (χ0v) is 13.5. The van der Waals surface area contributed by atoms with Crippen LogP contribution in [0.5, 0.6) is 0 Å². The summed E-state index contributed by atoms with van der Waals surface area (Å²) < 4.78 is 5.57. The zero-order valence-electron chi connectivity index (χ0n) is 13.5. The summed E-state index contributed by atoms with van der Waals surface area (Å²) in [7, 11) is 4.00. The van der Waals surface area contributed by atoms with Crippen molar-refractivity contribution in [1.29, 1.82) is 0 Å². The monoisotopic (exact) mass is 291 g/mol. The van der Waals surface area contributed by atoms with Gasteiger partial charge in [-0.25, -0.2) is 4.79 Å². The lowest BCUT2D eigenvalue weighted by molar-refractivity contribution is -0.0355. The lowest BCUT2D eigenvalue weighted by Crippen LogP contribution is -2.52. The van der Waals surface area contributed by atoms with Gasteiger partial charge in [0.2, 0.25) is 0 Å². The number of ether oxygens (including phenoxy) is 1. The van der Waals surface area contributed by atoms with Gasteiger partial charge in [-0.1, -0.05) is 6.07 Å². The van der Waals surface area contributed by atoms with E-state index >= 15 is 0 Å². The zero-order chi connectivity index (χ0) is 15.6. The van der Waals surface area contributed by atoms with Crippen LogP contribution in [0, 0.1) is 6.92 Å². The van der Waals surface area contributed by atoms with Crippen molar-refractivity contribution in [2.45, 2.75) is 32.9 Å². The molecule has 1 N–H and O–H groups in total. The number of carbonyl (C=O) groups is 1. The number of hydrogen-bond donors (Lipinski definition) is 1. The minimum Gasteiger partial charge on any atom is -0.377 e. The van der Waals surface area contributed by atoms with Crippen LogP contribution in [0.1, 0.15) is 19.4 Å². The summed E-state index contributed by atoms with van der Waals surface area (Å²) in [6, 6.07) is 5.97. The second-order valence-electron chi connectivity index (χ2n) is 5.78. The molecule has 2 rings (SSSR count). The average Bonchev–Trinajstić information content (AvgIpc) is 2.43. The second kappa shape index (κ2) is 6.35. The highest BCUT2D eigenvalue weighted by Crippen LogP contribution is 2.26. The van der Waals surface area contributed by atoms with E-state index in [1.165, 1.54) is 0 Å². The maximum absolute atomic E-state index is 12.5. The number of benzene rings is 1. The highest BCUT2D eigenvalue weighted by molar-refractivity contribution is 5.91. The van der Waals surface area contributed by atoms with Crippen molar-refractivity contribution in [3.05, 3.63) is 23.8 Å². The van der Waals surface area contributed by atoms with Crippen LogP contribution in [0.25, 0.3) is 0 Å². The minimum atomic E-state index is -0.0587. The van der Waals surface area contributed by atoms with Crippen LogP contribution in [0.2, 0.25) is 0 Å². The molecule has 1 aromatic carbocycles. The molecule has 5 nitrogen and oxygen atoms in total. The molecule has 1 aromatic rings. The number of rotatable bonds is 2. The van der Waals surface area contributed by atoms with Gasteiger partial charge in [-0.15, -0.1) is 0 Å². The molecule has 5 heteroatoms. The fraction of sp³-hybridized carbons (Fsp3) is 0.562. The number of nitrogens with one attached hydrogen (secondary N) is 1. The Labute approximate surface area is 126 Å². The van der Waals surface area contributed by atoms with Crippen molar-refractivity contribution in [2.24, 2.45) is 0 Å². The van der Waals surface area contributed by atoms with E-state index in [0.717, 1.165) is 16.9 Å². The summed E-state index contributed by atoms with van der Waals surface area (Å²) in [5.41, 5.74) is 3.04. The van der Waals surface area contributed by atoms with Gasteiger partial charge < -0.3 is 19.9 Å². The summed E-state index contributed by atoms with van der Waals surface area (Å²) in [4.78, 5) is 16.4. The van der Waals surface area contributed by atoms with E-state index in [0.29, 0.717) is 13.2 Å². The van der Waals surface area contributed by atoms with Crippen molar-refractivity contribution in [2.75, 3.05) is 37.5 Å². The van der Waals surface area contributed by atoms with Gasteiger partial charge in [0.25, 0.3) is 0 Å². The predicted molar refractivity (Wildman–Crippen MR) is 86.1 cm³/mol. The van der Waals surface area contributed by atoms with Crippen LogP contribution >= 0.6 is 0 Å². The third-order valence-corrected chi connectivity index (χ3v) is 4.17. The molecule has 1 aliphatic heterocycles. The predicted octanol–water partition coefficient (Wildman–Crippen LogP) is 2.70. The van der Waals surface area contributed by atoms with Crippen LogP contribution in [0.4, 0.5) is 16.2 Å². The molecule has 0 aliphatic carbocycles. The fourth-order valence-electron chi connectivity index (χ4n) is 2.65. The number of morpholine rings is 1. The average molecular weight is 291 g/mol. The Balaban J connectivity index is 2.14. The van der Waals surface area contributed by atoms with Crippen LogP contribution in [0.15, 0.2) is 18.2 Å². The van der Waals surface area contributed by atoms with Gasteiger partial charge in [-0.3, -0.25) is 0 Å². The summed E-state index contributed by atoms with van der Waals surface area (Å²) >= 11 is 0. The van der Waals surface area contributed by atoms with E-state index in [1.807, 2.05) is 62.9 Å². The molecule has 0 saturated carbocycles. The first-order chi connectivity index (χ1) is 9.91. The standard InChI is InChI=1S/C16H25N3O2/c1-11-14(7-6-8-15(11)18(4)5)17-16(20)19-9-10-21-13(3)12(19)2/h6-8,12-13H,9-10H2,1-5H3,(H,17,20).